The number of allylic oxidation sites excluding steroid dienone is 1. The molecule has 1 aliphatic rings. The molecule has 6 heteroatoms. The highest BCUT2D eigenvalue weighted by molar-refractivity contribution is 5.92. The minimum Gasteiger partial charge on any atom is -0.497 e. The summed E-state index contributed by atoms with van der Waals surface area (Å²) in [5.41, 5.74) is 2.98. The first-order valence-electron chi connectivity index (χ1n) is 9.91. The smallest absolute Gasteiger partial charge is 0.271 e. The Morgan fingerprint density at radius 1 is 1.11 bits per heavy atom. The summed E-state index contributed by atoms with van der Waals surface area (Å²) in [5, 5.41) is 14.3. The summed E-state index contributed by atoms with van der Waals surface area (Å²) >= 11 is 0. The molecule has 148 valence electrons. The van der Waals surface area contributed by atoms with Crippen molar-refractivity contribution < 1.29 is 9.53 Å². The van der Waals surface area contributed by atoms with Gasteiger partial charge in [-0.3, -0.25) is 4.79 Å². The SMILES string of the molecule is COc1cccc(CCNc2ccc(C(=O)NCCC3=CCCCC3)nn2)c1. The van der Waals surface area contributed by atoms with Crippen molar-refractivity contribution in [2.75, 3.05) is 25.5 Å². The second-order valence-electron chi connectivity index (χ2n) is 6.95. The maximum Gasteiger partial charge on any atom is 0.271 e. The average molecular weight is 380 g/mol. The molecular formula is C22H28N4O2. The van der Waals surface area contributed by atoms with Crippen LogP contribution < -0.4 is 15.4 Å². The van der Waals surface area contributed by atoms with Gasteiger partial charge in [-0.1, -0.05) is 23.8 Å². The molecule has 6 nitrogen and oxygen atoms in total. The van der Waals surface area contributed by atoms with Crippen molar-refractivity contribution in [2.45, 2.75) is 38.5 Å². The number of nitrogens with zero attached hydrogens (tertiary/aromatic N) is 2. The third-order valence-corrected chi connectivity index (χ3v) is 4.87. The molecule has 0 unspecified atom stereocenters. The highest BCUT2D eigenvalue weighted by atomic mass is 16.5. The monoisotopic (exact) mass is 380 g/mol. The quantitative estimate of drug-likeness (QED) is 0.648. The molecule has 1 aromatic carbocycles. The van der Waals surface area contributed by atoms with Crippen LogP contribution >= 0.6 is 0 Å². The molecule has 3 rings (SSSR count). The number of anilines is 1. The molecule has 0 spiro atoms. The van der Waals surface area contributed by atoms with Crippen LogP contribution in [0.15, 0.2) is 48.0 Å². The fraction of sp³-hybridized carbons (Fsp3) is 0.409. The van der Waals surface area contributed by atoms with Crippen LogP contribution in [0.5, 0.6) is 5.75 Å². The van der Waals surface area contributed by atoms with Crippen LogP contribution in [-0.4, -0.2) is 36.3 Å². The van der Waals surface area contributed by atoms with Crippen LogP contribution in [0, 0.1) is 0 Å². The third-order valence-electron chi connectivity index (χ3n) is 4.87. The maximum absolute atomic E-state index is 12.2. The predicted molar refractivity (Wildman–Crippen MR) is 111 cm³/mol. The predicted octanol–water partition coefficient (Wildman–Crippen LogP) is 3.76. The van der Waals surface area contributed by atoms with Crippen molar-refractivity contribution in [3.63, 3.8) is 0 Å². The summed E-state index contributed by atoms with van der Waals surface area (Å²) in [4.78, 5) is 12.2. The molecule has 1 aliphatic carbocycles. The van der Waals surface area contributed by atoms with E-state index in [2.05, 4.69) is 33.0 Å². The number of amides is 1. The van der Waals surface area contributed by atoms with Crippen LogP contribution in [0.1, 0.15) is 48.2 Å². The van der Waals surface area contributed by atoms with Crippen molar-refractivity contribution in [2.24, 2.45) is 0 Å². The summed E-state index contributed by atoms with van der Waals surface area (Å²) in [5.74, 6) is 1.34. The van der Waals surface area contributed by atoms with Crippen molar-refractivity contribution in [3.8, 4) is 5.75 Å². The minimum atomic E-state index is -0.174. The van der Waals surface area contributed by atoms with E-state index in [9.17, 15) is 4.79 Å². The Kier molecular flexibility index (Phi) is 7.41. The number of methoxy groups -OCH3 is 1. The van der Waals surface area contributed by atoms with Gasteiger partial charge in [-0.15, -0.1) is 10.2 Å². The molecule has 28 heavy (non-hydrogen) atoms. The van der Waals surface area contributed by atoms with E-state index >= 15 is 0 Å². The lowest BCUT2D eigenvalue weighted by Crippen LogP contribution is -2.26. The van der Waals surface area contributed by atoms with Crippen LogP contribution in [0.3, 0.4) is 0 Å². The number of aromatic nitrogens is 2. The summed E-state index contributed by atoms with van der Waals surface area (Å²) in [7, 11) is 1.66. The van der Waals surface area contributed by atoms with Crippen molar-refractivity contribution in [1.29, 1.82) is 0 Å². The van der Waals surface area contributed by atoms with Gasteiger partial charge in [0.2, 0.25) is 0 Å². The van der Waals surface area contributed by atoms with Gasteiger partial charge in [0.1, 0.15) is 11.6 Å². The minimum absolute atomic E-state index is 0.174. The van der Waals surface area contributed by atoms with E-state index in [0.29, 0.717) is 18.1 Å². The molecule has 1 amide bonds. The standard InChI is InChI=1S/C22H28N4O2/c1-28-19-9-5-8-18(16-19)13-14-23-21-11-10-20(25-26-21)22(27)24-15-12-17-6-3-2-4-7-17/h5-6,8-11,16H,2-4,7,12-15H2,1H3,(H,23,26)(H,24,27). The first kappa shape index (κ1) is 19.9. The van der Waals surface area contributed by atoms with E-state index < -0.39 is 0 Å². The Balaban J connectivity index is 1.41. The average Bonchev–Trinajstić information content (AvgIpc) is 2.75. The molecule has 0 radical (unpaired) electrons. The Morgan fingerprint density at radius 3 is 2.79 bits per heavy atom. The van der Waals surface area contributed by atoms with Gasteiger partial charge in [0.25, 0.3) is 5.91 Å². The number of hydrogen-bond donors (Lipinski definition) is 2. The molecule has 0 saturated heterocycles. The molecule has 0 atom stereocenters. The van der Waals surface area contributed by atoms with Crippen LogP contribution in [0.4, 0.5) is 5.82 Å². The zero-order valence-electron chi connectivity index (χ0n) is 16.4. The van der Waals surface area contributed by atoms with E-state index in [-0.39, 0.29) is 5.91 Å². The molecule has 2 aromatic rings. The van der Waals surface area contributed by atoms with E-state index in [4.69, 9.17) is 4.74 Å². The third kappa shape index (κ3) is 6.08. The van der Waals surface area contributed by atoms with Crippen LogP contribution in [0.25, 0.3) is 0 Å². The van der Waals surface area contributed by atoms with E-state index in [0.717, 1.165) is 31.6 Å². The first-order chi connectivity index (χ1) is 13.7. The lowest BCUT2D eigenvalue weighted by Gasteiger charge is -2.12. The van der Waals surface area contributed by atoms with Gasteiger partial charge in [-0.05, 0) is 68.4 Å². The zero-order valence-corrected chi connectivity index (χ0v) is 16.4. The lowest BCUT2D eigenvalue weighted by molar-refractivity contribution is 0.0948. The molecule has 0 aliphatic heterocycles. The number of hydrogen-bond acceptors (Lipinski definition) is 5. The van der Waals surface area contributed by atoms with Gasteiger partial charge < -0.3 is 15.4 Å². The second-order valence-corrected chi connectivity index (χ2v) is 6.95. The normalized spacial score (nSPS) is 13.5. The Hall–Kier alpha value is -2.89. The number of carbonyl (C=O) groups excluding carboxylic acids is 1. The second kappa shape index (κ2) is 10.4. The highest BCUT2D eigenvalue weighted by Crippen LogP contribution is 2.19. The van der Waals surface area contributed by atoms with Gasteiger partial charge in [-0.2, -0.15) is 0 Å². The molecule has 1 heterocycles. The van der Waals surface area contributed by atoms with Gasteiger partial charge in [-0.25, -0.2) is 0 Å². The fourth-order valence-corrected chi connectivity index (χ4v) is 3.27. The Labute approximate surface area is 166 Å². The highest BCUT2D eigenvalue weighted by Gasteiger charge is 2.09. The summed E-state index contributed by atoms with van der Waals surface area (Å²) in [6.07, 6.45) is 8.94. The Bertz CT molecular complexity index is 802. The van der Waals surface area contributed by atoms with Crippen molar-refractivity contribution in [1.82, 2.24) is 15.5 Å². The van der Waals surface area contributed by atoms with Crippen molar-refractivity contribution in [3.05, 3.63) is 59.3 Å². The summed E-state index contributed by atoms with van der Waals surface area (Å²) in [6.45, 7) is 1.37. The molecule has 0 fully saturated rings. The summed E-state index contributed by atoms with van der Waals surface area (Å²) < 4.78 is 5.23. The topological polar surface area (TPSA) is 76.1 Å². The first-order valence-corrected chi connectivity index (χ1v) is 9.91. The molecular weight excluding hydrogens is 352 g/mol. The van der Waals surface area contributed by atoms with Crippen molar-refractivity contribution >= 4 is 11.7 Å². The Morgan fingerprint density at radius 2 is 2.04 bits per heavy atom. The van der Waals surface area contributed by atoms with Crippen LogP contribution in [-0.2, 0) is 6.42 Å². The lowest BCUT2D eigenvalue weighted by atomic mass is 9.97. The molecule has 2 N–H and O–H groups in total. The number of ether oxygens (including phenoxy) is 1. The van der Waals surface area contributed by atoms with Gasteiger partial charge in [0.15, 0.2) is 5.69 Å². The van der Waals surface area contributed by atoms with E-state index in [1.807, 2.05) is 18.2 Å². The number of benzene rings is 1. The van der Waals surface area contributed by atoms with E-state index in [1.54, 1.807) is 19.2 Å². The molecule has 1 aromatic heterocycles. The van der Waals surface area contributed by atoms with Gasteiger partial charge in [0.05, 0.1) is 7.11 Å². The summed E-state index contributed by atoms with van der Waals surface area (Å²) in [6, 6.07) is 11.5. The van der Waals surface area contributed by atoms with Crippen LogP contribution in [0.2, 0.25) is 0 Å². The number of nitrogens with one attached hydrogen (secondary N) is 2. The number of carbonyl (C=O) groups is 1. The molecule has 0 saturated carbocycles. The fourth-order valence-electron chi connectivity index (χ4n) is 3.27. The zero-order chi connectivity index (χ0) is 19.6. The van der Waals surface area contributed by atoms with Gasteiger partial charge >= 0.3 is 0 Å². The van der Waals surface area contributed by atoms with E-state index in [1.165, 1.54) is 30.4 Å². The molecule has 0 bridgehead atoms. The largest absolute Gasteiger partial charge is 0.497 e. The number of rotatable bonds is 9. The van der Waals surface area contributed by atoms with Gasteiger partial charge in [0, 0.05) is 13.1 Å². The maximum atomic E-state index is 12.2.